The average Bonchev–Trinajstić information content (AvgIpc) is 3.92. The Hall–Kier alpha value is -9.14. The van der Waals surface area contributed by atoms with Gasteiger partial charge in [0, 0.05) is 55.0 Å². The maximum Gasteiger partial charge on any atom is 0.238 e. The summed E-state index contributed by atoms with van der Waals surface area (Å²) in [4.78, 5) is 30.9. The van der Waals surface area contributed by atoms with E-state index in [0.717, 1.165) is 87.9 Å². The zero-order chi connectivity index (χ0) is 43.6. The monoisotopic (exact) mass is 844 g/mol. The van der Waals surface area contributed by atoms with Crippen LogP contribution in [0.3, 0.4) is 0 Å². The minimum atomic E-state index is 0.541. The predicted octanol–water partition coefficient (Wildman–Crippen LogP) is 13.7. The molecule has 66 heavy (non-hydrogen) atoms. The highest BCUT2D eigenvalue weighted by Gasteiger charge is 2.24. The molecule has 8 heteroatoms. The molecule has 0 bridgehead atoms. The summed E-state index contributed by atoms with van der Waals surface area (Å²) in [7, 11) is 0. The van der Waals surface area contributed by atoms with E-state index in [1.165, 1.54) is 0 Å². The number of fused-ring (bicyclic) bond motifs is 8. The zero-order valence-corrected chi connectivity index (χ0v) is 35.4. The van der Waals surface area contributed by atoms with Gasteiger partial charge < -0.3 is 4.57 Å². The molecule has 0 aliphatic rings. The molecular weight excluding hydrogens is 809 g/mol. The van der Waals surface area contributed by atoms with E-state index in [0.29, 0.717) is 35.1 Å². The normalized spacial score (nSPS) is 11.6. The Morgan fingerprint density at radius 3 is 1.23 bits per heavy atom. The van der Waals surface area contributed by atoms with Crippen LogP contribution in [0.25, 0.3) is 123 Å². The molecule has 0 atom stereocenters. The van der Waals surface area contributed by atoms with Gasteiger partial charge in [-0.1, -0.05) is 182 Å². The lowest BCUT2D eigenvalue weighted by atomic mass is 10.0. The molecule has 4 heterocycles. The van der Waals surface area contributed by atoms with Gasteiger partial charge in [0.1, 0.15) is 0 Å². The van der Waals surface area contributed by atoms with Crippen LogP contribution in [0.15, 0.2) is 218 Å². The fourth-order valence-corrected chi connectivity index (χ4v) is 9.40. The van der Waals surface area contributed by atoms with E-state index in [1.54, 1.807) is 0 Å². The SMILES string of the molecule is c1ccc(-c2nc(-c3ccc(-n4c5ccccc5c5ccc6c7ccccc7n(-c7nc(-c8ccccc8)nc(-c8ccccc8)n7)c6c54)cc3)nc(-c3cccc4ccccc34)n2)cc1. The van der Waals surface area contributed by atoms with Crippen molar-refractivity contribution in [1.82, 2.24) is 39.0 Å². The van der Waals surface area contributed by atoms with Gasteiger partial charge in [0.2, 0.25) is 5.95 Å². The van der Waals surface area contributed by atoms with E-state index < -0.39 is 0 Å². The van der Waals surface area contributed by atoms with Crippen LogP contribution in [0.5, 0.6) is 0 Å². The van der Waals surface area contributed by atoms with Crippen molar-refractivity contribution in [2.45, 2.75) is 0 Å². The fraction of sp³-hybridized carbons (Fsp3) is 0. The number of aromatic nitrogens is 8. The van der Waals surface area contributed by atoms with Crippen LogP contribution in [-0.2, 0) is 0 Å². The van der Waals surface area contributed by atoms with Gasteiger partial charge in [-0.25, -0.2) is 19.9 Å². The molecule has 0 radical (unpaired) electrons. The molecule has 0 unspecified atom stereocenters. The van der Waals surface area contributed by atoms with Crippen LogP contribution in [0, 0.1) is 0 Å². The van der Waals surface area contributed by atoms with Gasteiger partial charge in [0.15, 0.2) is 29.1 Å². The number of para-hydroxylation sites is 2. The molecule has 4 aromatic heterocycles. The highest BCUT2D eigenvalue weighted by atomic mass is 15.2. The molecule has 0 aliphatic heterocycles. The number of hydrogen-bond acceptors (Lipinski definition) is 6. The summed E-state index contributed by atoms with van der Waals surface area (Å²) >= 11 is 0. The Balaban J connectivity index is 1.04. The van der Waals surface area contributed by atoms with Crippen LogP contribution >= 0.6 is 0 Å². The van der Waals surface area contributed by atoms with Gasteiger partial charge in [0.05, 0.1) is 22.1 Å². The van der Waals surface area contributed by atoms with E-state index in [-0.39, 0.29) is 0 Å². The van der Waals surface area contributed by atoms with Gasteiger partial charge in [-0.15, -0.1) is 0 Å². The maximum atomic E-state index is 5.27. The number of nitrogens with zero attached hydrogens (tertiary/aromatic N) is 8. The minimum absolute atomic E-state index is 0.541. The topological polar surface area (TPSA) is 87.2 Å². The van der Waals surface area contributed by atoms with Gasteiger partial charge in [-0.3, -0.25) is 4.57 Å². The minimum Gasteiger partial charge on any atom is -0.307 e. The Morgan fingerprint density at radius 1 is 0.258 bits per heavy atom. The molecule has 13 rings (SSSR count). The summed E-state index contributed by atoms with van der Waals surface area (Å²) in [5, 5.41) is 6.69. The van der Waals surface area contributed by atoms with E-state index in [4.69, 9.17) is 29.9 Å². The molecule has 0 N–H and O–H groups in total. The summed E-state index contributed by atoms with van der Waals surface area (Å²) < 4.78 is 4.59. The van der Waals surface area contributed by atoms with E-state index >= 15 is 0 Å². The van der Waals surface area contributed by atoms with Crippen molar-refractivity contribution < 1.29 is 0 Å². The van der Waals surface area contributed by atoms with Gasteiger partial charge in [-0.05, 0) is 47.2 Å². The summed E-state index contributed by atoms with van der Waals surface area (Å²) in [5.41, 5.74) is 9.72. The first kappa shape index (κ1) is 37.4. The van der Waals surface area contributed by atoms with E-state index in [2.05, 4.69) is 137 Å². The molecule has 0 fully saturated rings. The van der Waals surface area contributed by atoms with Crippen molar-refractivity contribution in [1.29, 1.82) is 0 Å². The lowest BCUT2D eigenvalue weighted by Crippen LogP contribution is -2.07. The van der Waals surface area contributed by atoms with Crippen molar-refractivity contribution in [3.8, 4) is 68.6 Å². The molecule has 9 aromatic carbocycles. The second-order valence-electron chi connectivity index (χ2n) is 16.3. The zero-order valence-electron chi connectivity index (χ0n) is 35.4. The molecule has 0 aliphatic carbocycles. The molecule has 308 valence electrons. The number of rotatable bonds is 7. The first-order valence-corrected chi connectivity index (χ1v) is 22.0. The fourth-order valence-electron chi connectivity index (χ4n) is 9.40. The van der Waals surface area contributed by atoms with Crippen molar-refractivity contribution in [2.24, 2.45) is 0 Å². The molecule has 0 saturated heterocycles. The van der Waals surface area contributed by atoms with Crippen LogP contribution in [0.1, 0.15) is 0 Å². The summed E-state index contributed by atoms with van der Waals surface area (Å²) in [6.45, 7) is 0. The van der Waals surface area contributed by atoms with Crippen molar-refractivity contribution in [3.05, 3.63) is 218 Å². The largest absolute Gasteiger partial charge is 0.307 e. The van der Waals surface area contributed by atoms with Crippen LogP contribution in [0.2, 0.25) is 0 Å². The Morgan fingerprint density at radius 2 is 0.667 bits per heavy atom. The smallest absolute Gasteiger partial charge is 0.238 e. The number of hydrogen-bond donors (Lipinski definition) is 0. The Bertz CT molecular complexity index is 3910. The third-order valence-electron chi connectivity index (χ3n) is 12.4. The van der Waals surface area contributed by atoms with Gasteiger partial charge in [0.25, 0.3) is 0 Å². The summed E-state index contributed by atoms with van der Waals surface area (Å²) in [6.07, 6.45) is 0. The predicted molar refractivity (Wildman–Crippen MR) is 267 cm³/mol. The van der Waals surface area contributed by atoms with Gasteiger partial charge >= 0.3 is 0 Å². The van der Waals surface area contributed by atoms with Crippen molar-refractivity contribution in [3.63, 3.8) is 0 Å². The second kappa shape index (κ2) is 15.3. The first-order chi connectivity index (χ1) is 32.7. The third kappa shape index (κ3) is 6.15. The number of benzene rings is 9. The molecule has 0 amide bonds. The lowest BCUT2D eigenvalue weighted by molar-refractivity contribution is 0.953. The highest BCUT2D eigenvalue weighted by molar-refractivity contribution is 6.23. The quantitative estimate of drug-likeness (QED) is 0.159. The van der Waals surface area contributed by atoms with E-state index in [1.807, 2.05) is 91.0 Å². The average molecular weight is 845 g/mol. The first-order valence-electron chi connectivity index (χ1n) is 22.0. The maximum absolute atomic E-state index is 5.27. The molecule has 0 spiro atoms. The molecule has 13 aromatic rings. The van der Waals surface area contributed by atoms with Crippen LogP contribution in [-0.4, -0.2) is 39.0 Å². The van der Waals surface area contributed by atoms with Crippen LogP contribution < -0.4 is 0 Å². The van der Waals surface area contributed by atoms with E-state index in [9.17, 15) is 0 Å². The molecule has 0 saturated carbocycles. The van der Waals surface area contributed by atoms with Crippen LogP contribution in [0.4, 0.5) is 0 Å². The van der Waals surface area contributed by atoms with Crippen molar-refractivity contribution in [2.75, 3.05) is 0 Å². The standard InChI is InChI=1S/C58H36N8/c1-4-18-38(19-5-1)53-59-54(62-57(61-53)48-28-16-24-37-17-10-11-25-43(37)48)41-31-33-42(34-32-41)65-49-29-14-12-26-44(49)46-35-36-47-45-27-13-15-30-50(45)66(52(47)51(46)65)58-63-55(39-20-6-2-7-21-39)60-56(64-58)40-22-8-3-9-23-40/h1-36H. The Labute approximate surface area is 378 Å². The second-order valence-corrected chi connectivity index (χ2v) is 16.3. The Kier molecular flexibility index (Phi) is 8.67. The summed E-state index contributed by atoms with van der Waals surface area (Å²) in [5.74, 6) is 3.59. The van der Waals surface area contributed by atoms with Crippen molar-refractivity contribution >= 4 is 54.4 Å². The third-order valence-corrected chi connectivity index (χ3v) is 12.4. The van der Waals surface area contributed by atoms with Gasteiger partial charge in [-0.2, -0.15) is 9.97 Å². The summed E-state index contributed by atoms with van der Waals surface area (Å²) in [6, 6.07) is 75.2. The molecular formula is C58H36N8. The lowest BCUT2D eigenvalue weighted by Gasteiger charge is -2.14. The molecule has 8 nitrogen and oxygen atoms in total. The highest BCUT2D eigenvalue weighted by Crippen LogP contribution is 2.42.